The van der Waals surface area contributed by atoms with Crippen molar-refractivity contribution in [1.29, 1.82) is 0 Å². The van der Waals surface area contributed by atoms with Crippen molar-refractivity contribution < 1.29 is 15.0 Å². The summed E-state index contributed by atoms with van der Waals surface area (Å²) in [5, 5.41) is 21.7. The van der Waals surface area contributed by atoms with Gasteiger partial charge in [0.25, 0.3) is 5.91 Å². The van der Waals surface area contributed by atoms with Crippen LogP contribution in [0.3, 0.4) is 0 Å². The molecule has 102 valence electrons. The van der Waals surface area contributed by atoms with Gasteiger partial charge in [0.1, 0.15) is 5.75 Å². The average molecular weight is 261 g/mol. The van der Waals surface area contributed by atoms with Gasteiger partial charge < -0.3 is 15.5 Å². The number of carbonyl (C=O) groups excluding carboxylic acids is 1. The lowest BCUT2D eigenvalue weighted by molar-refractivity contribution is 0.0938. The van der Waals surface area contributed by atoms with E-state index in [0.717, 1.165) is 12.0 Å². The van der Waals surface area contributed by atoms with Crippen molar-refractivity contribution in [1.82, 2.24) is 5.32 Å². The largest absolute Gasteiger partial charge is 0.507 e. The normalized spacial score (nSPS) is 21.6. The van der Waals surface area contributed by atoms with Crippen molar-refractivity contribution in [2.24, 2.45) is 5.92 Å². The maximum Gasteiger partial charge on any atom is 0.255 e. The highest BCUT2D eigenvalue weighted by Gasteiger charge is 2.21. The summed E-state index contributed by atoms with van der Waals surface area (Å²) >= 11 is 0. The molecule has 1 aromatic rings. The Morgan fingerprint density at radius 3 is 2.84 bits per heavy atom. The number of nitrogens with one attached hydrogen (secondary N) is 1. The molecule has 0 fully saturated rings. The number of benzene rings is 1. The van der Waals surface area contributed by atoms with Gasteiger partial charge in [0.05, 0.1) is 5.56 Å². The molecule has 1 aromatic carbocycles. The van der Waals surface area contributed by atoms with Crippen LogP contribution in [0.4, 0.5) is 0 Å². The Bertz CT molecular complexity index is 496. The second kappa shape index (κ2) is 5.89. The van der Waals surface area contributed by atoms with E-state index in [9.17, 15) is 9.90 Å². The summed E-state index contributed by atoms with van der Waals surface area (Å²) in [5.41, 5.74) is 1.32. The summed E-state index contributed by atoms with van der Waals surface area (Å²) < 4.78 is 0. The summed E-state index contributed by atoms with van der Waals surface area (Å²) in [7, 11) is 0. The number of aliphatic hydroxyl groups excluding tert-OH is 1. The fraction of sp³-hybridized carbons (Fsp3) is 0.400. The molecule has 1 aliphatic carbocycles. The SMILES string of the molecule is CCc1ccc(O)c(C(=O)N[C@@H]2C=C[C@H](CO)C2)c1. The molecular weight excluding hydrogens is 242 g/mol. The van der Waals surface area contributed by atoms with E-state index in [1.165, 1.54) is 0 Å². The van der Waals surface area contributed by atoms with Crippen molar-refractivity contribution in [3.8, 4) is 5.75 Å². The number of rotatable bonds is 4. The van der Waals surface area contributed by atoms with Gasteiger partial charge in [-0.3, -0.25) is 4.79 Å². The minimum absolute atomic E-state index is 0.00427. The number of amides is 1. The highest BCUT2D eigenvalue weighted by Crippen LogP contribution is 2.21. The fourth-order valence-corrected chi connectivity index (χ4v) is 2.25. The number of phenols is 1. The molecule has 4 nitrogen and oxygen atoms in total. The molecule has 0 radical (unpaired) electrons. The van der Waals surface area contributed by atoms with Crippen LogP contribution in [0.2, 0.25) is 0 Å². The predicted molar refractivity (Wildman–Crippen MR) is 73.1 cm³/mol. The molecule has 19 heavy (non-hydrogen) atoms. The maximum atomic E-state index is 12.1. The Hall–Kier alpha value is -1.81. The number of aromatic hydroxyl groups is 1. The first-order valence-electron chi connectivity index (χ1n) is 6.56. The third-order valence-corrected chi connectivity index (χ3v) is 3.44. The van der Waals surface area contributed by atoms with Gasteiger partial charge >= 0.3 is 0 Å². The van der Waals surface area contributed by atoms with Crippen molar-refractivity contribution in [3.63, 3.8) is 0 Å². The van der Waals surface area contributed by atoms with E-state index >= 15 is 0 Å². The molecule has 0 bridgehead atoms. The topological polar surface area (TPSA) is 69.6 Å². The number of aryl methyl sites for hydroxylation is 1. The molecular formula is C15H19NO3. The molecule has 0 saturated heterocycles. The molecule has 1 amide bonds. The van der Waals surface area contributed by atoms with Gasteiger partial charge in [-0.25, -0.2) is 0 Å². The molecule has 0 unspecified atom stereocenters. The summed E-state index contributed by atoms with van der Waals surface area (Å²) in [6.45, 7) is 2.10. The van der Waals surface area contributed by atoms with E-state index in [0.29, 0.717) is 12.0 Å². The van der Waals surface area contributed by atoms with E-state index in [1.54, 1.807) is 12.1 Å². The van der Waals surface area contributed by atoms with E-state index < -0.39 is 0 Å². The van der Waals surface area contributed by atoms with Crippen molar-refractivity contribution >= 4 is 5.91 Å². The smallest absolute Gasteiger partial charge is 0.255 e. The van der Waals surface area contributed by atoms with Crippen LogP contribution in [0.5, 0.6) is 5.75 Å². The Morgan fingerprint density at radius 2 is 2.21 bits per heavy atom. The van der Waals surface area contributed by atoms with E-state index in [-0.39, 0.29) is 30.2 Å². The van der Waals surface area contributed by atoms with E-state index in [4.69, 9.17) is 5.11 Å². The summed E-state index contributed by atoms with van der Waals surface area (Å²) in [6, 6.07) is 5.00. The Morgan fingerprint density at radius 1 is 1.42 bits per heavy atom. The van der Waals surface area contributed by atoms with Crippen LogP contribution < -0.4 is 5.32 Å². The first kappa shape index (κ1) is 13.6. The molecule has 0 aliphatic heterocycles. The first-order valence-corrected chi connectivity index (χ1v) is 6.56. The maximum absolute atomic E-state index is 12.1. The monoisotopic (exact) mass is 261 g/mol. The minimum Gasteiger partial charge on any atom is -0.507 e. The molecule has 4 heteroatoms. The Labute approximate surface area is 112 Å². The summed E-state index contributed by atoms with van der Waals surface area (Å²) in [5.74, 6) is -0.169. The lowest BCUT2D eigenvalue weighted by Gasteiger charge is -2.14. The summed E-state index contributed by atoms with van der Waals surface area (Å²) in [4.78, 5) is 12.1. The number of hydrogen-bond donors (Lipinski definition) is 3. The first-order chi connectivity index (χ1) is 9.13. The molecule has 0 aromatic heterocycles. The quantitative estimate of drug-likeness (QED) is 0.721. The number of hydrogen-bond acceptors (Lipinski definition) is 3. The average Bonchev–Trinajstić information content (AvgIpc) is 2.87. The zero-order valence-corrected chi connectivity index (χ0v) is 11.0. The van der Waals surface area contributed by atoms with Crippen molar-refractivity contribution in [2.75, 3.05) is 6.61 Å². The van der Waals surface area contributed by atoms with Gasteiger partial charge in [-0.15, -0.1) is 0 Å². The van der Waals surface area contributed by atoms with Gasteiger partial charge in [0.15, 0.2) is 0 Å². The van der Waals surface area contributed by atoms with E-state index in [1.807, 2.05) is 25.1 Å². The van der Waals surface area contributed by atoms with Crippen LogP contribution in [0.15, 0.2) is 30.4 Å². The second-order valence-corrected chi connectivity index (χ2v) is 4.85. The molecule has 2 atom stereocenters. The van der Waals surface area contributed by atoms with Crippen LogP contribution in [0, 0.1) is 5.92 Å². The second-order valence-electron chi connectivity index (χ2n) is 4.85. The third-order valence-electron chi connectivity index (χ3n) is 3.44. The van der Waals surface area contributed by atoms with E-state index in [2.05, 4.69) is 5.32 Å². The Balaban J connectivity index is 2.06. The highest BCUT2D eigenvalue weighted by molar-refractivity contribution is 5.97. The third kappa shape index (κ3) is 3.15. The molecule has 1 aliphatic rings. The standard InChI is InChI=1S/C15H19NO3/c1-2-10-4-6-14(18)13(8-10)15(19)16-12-5-3-11(7-12)9-17/h3-6,8,11-12,17-18H,2,7,9H2,1H3,(H,16,19)/t11-,12+/m0/s1. The molecule has 0 saturated carbocycles. The van der Waals surface area contributed by atoms with Crippen molar-refractivity contribution in [2.45, 2.75) is 25.8 Å². The predicted octanol–water partition coefficient (Wildman–Crippen LogP) is 1.62. The summed E-state index contributed by atoms with van der Waals surface area (Å²) in [6.07, 6.45) is 5.32. The fourth-order valence-electron chi connectivity index (χ4n) is 2.25. The highest BCUT2D eigenvalue weighted by atomic mass is 16.3. The lowest BCUT2D eigenvalue weighted by atomic mass is 10.1. The van der Waals surface area contributed by atoms with Gasteiger partial charge in [-0.2, -0.15) is 0 Å². The van der Waals surface area contributed by atoms with Crippen LogP contribution in [0.1, 0.15) is 29.3 Å². The van der Waals surface area contributed by atoms with Crippen LogP contribution >= 0.6 is 0 Å². The lowest BCUT2D eigenvalue weighted by Crippen LogP contribution is -2.33. The van der Waals surface area contributed by atoms with Crippen molar-refractivity contribution in [3.05, 3.63) is 41.5 Å². The Kier molecular flexibility index (Phi) is 4.22. The van der Waals surface area contributed by atoms with Crippen LogP contribution in [-0.2, 0) is 6.42 Å². The minimum atomic E-state index is -0.277. The zero-order chi connectivity index (χ0) is 13.8. The zero-order valence-electron chi connectivity index (χ0n) is 11.0. The van der Waals surface area contributed by atoms with Crippen LogP contribution in [0.25, 0.3) is 0 Å². The molecule has 2 rings (SSSR count). The van der Waals surface area contributed by atoms with Gasteiger partial charge in [0, 0.05) is 18.6 Å². The molecule has 0 spiro atoms. The van der Waals surface area contributed by atoms with Gasteiger partial charge in [-0.1, -0.05) is 25.1 Å². The molecule has 3 N–H and O–H groups in total. The van der Waals surface area contributed by atoms with Crippen LogP contribution in [-0.4, -0.2) is 28.8 Å². The number of phenolic OH excluding ortho intramolecular Hbond substituents is 1. The number of carbonyl (C=O) groups is 1. The van der Waals surface area contributed by atoms with Gasteiger partial charge in [-0.05, 0) is 30.5 Å². The molecule has 0 heterocycles. The number of aliphatic hydroxyl groups is 1. The van der Waals surface area contributed by atoms with Gasteiger partial charge in [0.2, 0.25) is 0 Å².